The largest absolute Gasteiger partial charge is 0.398 e. The highest BCUT2D eigenvalue weighted by Gasteiger charge is 2.04. The van der Waals surface area contributed by atoms with E-state index < -0.39 is 0 Å². The number of fused-ring (bicyclic) bond motifs is 1. The van der Waals surface area contributed by atoms with Gasteiger partial charge in [0.1, 0.15) is 0 Å². The Balaban J connectivity index is 2.89. The molecule has 0 fully saturated rings. The molecule has 2 nitrogen and oxygen atoms in total. The maximum absolute atomic E-state index is 5.77. The predicted molar refractivity (Wildman–Crippen MR) is 53.5 cm³/mol. The highest BCUT2D eigenvalue weighted by Crippen LogP contribution is 2.28. The standard InChI is InChI=1S/C9H10N2S/c1-5-7(10)3-4-8-9(5)12-6(2)11-8/h3-4H,10H2,1-2H3. The fraction of sp³-hybridized carbons (Fsp3) is 0.222. The molecular weight excluding hydrogens is 168 g/mol. The minimum Gasteiger partial charge on any atom is -0.398 e. The Hall–Kier alpha value is -1.09. The number of nitrogens with two attached hydrogens (primary N) is 1. The zero-order valence-corrected chi connectivity index (χ0v) is 7.90. The fourth-order valence-electron chi connectivity index (χ4n) is 1.25. The van der Waals surface area contributed by atoms with Crippen LogP contribution >= 0.6 is 11.3 Å². The molecule has 0 amide bonds. The first-order chi connectivity index (χ1) is 5.68. The second kappa shape index (κ2) is 2.45. The van der Waals surface area contributed by atoms with Gasteiger partial charge in [-0.15, -0.1) is 11.3 Å². The molecule has 1 aromatic carbocycles. The minimum absolute atomic E-state index is 0.853. The Bertz CT molecular complexity index is 431. The SMILES string of the molecule is Cc1nc2ccc(N)c(C)c2s1. The third kappa shape index (κ3) is 0.975. The molecule has 0 aliphatic heterocycles. The molecule has 1 aromatic heterocycles. The van der Waals surface area contributed by atoms with E-state index in [-0.39, 0.29) is 0 Å². The molecule has 0 saturated heterocycles. The van der Waals surface area contributed by atoms with Crippen molar-refractivity contribution in [1.82, 2.24) is 4.98 Å². The Morgan fingerprint density at radius 1 is 1.33 bits per heavy atom. The Kier molecular flexibility index (Phi) is 1.54. The number of anilines is 1. The Morgan fingerprint density at radius 2 is 2.08 bits per heavy atom. The summed E-state index contributed by atoms with van der Waals surface area (Å²) in [5.41, 5.74) is 8.84. The third-order valence-corrected chi connectivity index (χ3v) is 3.06. The van der Waals surface area contributed by atoms with Gasteiger partial charge < -0.3 is 5.73 Å². The molecule has 0 aliphatic carbocycles. The summed E-state index contributed by atoms with van der Waals surface area (Å²) in [4.78, 5) is 4.38. The quantitative estimate of drug-likeness (QED) is 0.629. The van der Waals surface area contributed by atoms with E-state index in [1.165, 1.54) is 4.70 Å². The zero-order valence-electron chi connectivity index (χ0n) is 7.09. The van der Waals surface area contributed by atoms with E-state index in [4.69, 9.17) is 5.73 Å². The van der Waals surface area contributed by atoms with Gasteiger partial charge in [0.05, 0.1) is 15.2 Å². The average Bonchev–Trinajstić information content (AvgIpc) is 2.39. The summed E-state index contributed by atoms with van der Waals surface area (Å²) in [5.74, 6) is 0. The number of aryl methyl sites for hydroxylation is 2. The van der Waals surface area contributed by atoms with Gasteiger partial charge in [-0.1, -0.05) is 0 Å². The van der Waals surface area contributed by atoms with Crippen molar-refractivity contribution in [3.05, 3.63) is 22.7 Å². The van der Waals surface area contributed by atoms with Crippen molar-refractivity contribution in [2.75, 3.05) is 5.73 Å². The van der Waals surface area contributed by atoms with Gasteiger partial charge in [-0.25, -0.2) is 4.98 Å². The molecule has 2 rings (SSSR count). The van der Waals surface area contributed by atoms with Crippen molar-refractivity contribution in [1.29, 1.82) is 0 Å². The summed E-state index contributed by atoms with van der Waals surface area (Å²) >= 11 is 1.70. The average molecular weight is 178 g/mol. The molecule has 2 aromatic rings. The van der Waals surface area contributed by atoms with Gasteiger partial charge in [0.25, 0.3) is 0 Å². The van der Waals surface area contributed by atoms with Crippen LogP contribution in [0.3, 0.4) is 0 Å². The van der Waals surface area contributed by atoms with E-state index in [0.29, 0.717) is 0 Å². The van der Waals surface area contributed by atoms with Crippen LogP contribution < -0.4 is 5.73 Å². The molecule has 0 unspecified atom stereocenters. The Labute approximate surface area is 75.0 Å². The highest BCUT2D eigenvalue weighted by atomic mass is 32.1. The summed E-state index contributed by atoms with van der Waals surface area (Å²) in [7, 11) is 0. The molecule has 62 valence electrons. The van der Waals surface area contributed by atoms with Gasteiger partial charge >= 0.3 is 0 Å². The molecule has 0 bridgehead atoms. The molecule has 0 radical (unpaired) electrons. The molecule has 12 heavy (non-hydrogen) atoms. The molecule has 1 heterocycles. The Morgan fingerprint density at radius 3 is 2.83 bits per heavy atom. The van der Waals surface area contributed by atoms with Crippen molar-refractivity contribution in [3.63, 3.8) is 0 Å². The number of hydrogen-bond acceptors (Lipinski definition) is 3. The van der Waals surface area contributed by atoms with Gasteiger partial charge in [0.15, 0.2) is 0 Å². The third-order valence-electron chi connectivity index (χ3n) is 1.95. The number of rotatable bonds is 0. The number of nitrogen functional groups attached to an aromatic ring is 1. The van der Waals surface area contributed by atoms with Crippen LogP contribution in [0.4, 0.5) is 5.69 Å². The van der Waals surface area contributed by atoms with E-state index in [9.17, 15) is 0 Å². The van der Waals surface area contributed by atoms with Crippen LogP contribution in [0.15, 0.2) is 12.1 Å². The number of aromatic nitrogens is 1. The van der Waals surface area contributed by atoms with Crippen molar-refractivity contribution in [2.45, 2.75) is 13.8 Å². The van der Waals surface area contributed by atoms with Gasteiger partial charge in [-0.05, 0) is 31.5 Å². The number of thiazole rings is 1. The lowest BCUT2D eigenvalue weighted by molar-refractivity contribution is 1.34. The van der Waals surface area contributed by atoms with Crippen LogP contribution in [0.25, 0.3) is 10.2 Å². The molecular formula is C9H10N2S. The van der Waals surface area contributed by atoms with E-state index in [1.807, 2.05) is 26.0 Å². The lowest BCUT2D eigenvalue weighted by Gasteiger charge is -1.98. The van der Waals surface area contributed by atoms with Crippen LogP contribution in [-0.2, 0) is 0 Å². The van der Waals surface area contributed by atoms with E-state index in [2.05, 4.69) is 4.98 Å². The summed E-state index contributed by atoms with van der Waals surface area (Å²) in [5, 5.41) is 1.10. The predicted octanol–water partition coefficient (Wildman–Crippen LogP) is 2.50. The molecule has 0 aliphatic rings. The van der Waals surface area contributed by atoms with E-state index >= 15 is 0 Å². The summed E-state index contributed by atoms with van der Waals surface area (Å²) in [6.07, 6.45) is 0. The van der Waals surface area contributed by atoms with Crippen molar-refractivity contribution >= 4 is 27.2 Å². The van der Waals surface area contributed by atoms with Gasteiger partial charge in [-0.2, -0.15) is 0 Å². The van der Waals surface area contributed by atoms with Crippen molar-refractivity contribution < 1.29 is 0 Å². The summed E-state index contributed by atoms with van der Waals surface area (Å²) in [6.45, 7) is 4.05. The summed E-state index contributed by atoms with van der Waals surface area (Å²) < 4.78 is 1.22. The molecule has 2 N–H and O–H groups in total. The maximum Gasteiger partial charge on any atom is 0.0907 e. The first-order valence-electron chi connectivity index (χ1n) is 3.80. The van der Waals surface area contributed by atoms with Crippen LogP contribution in [0.1, 0.15) is 10.6 Å². The van der Waals surface area contributed by atoms with Crippen LogP contribution in [0, 0.1) is 13.8 Å². The monoisotopic (exact) mass is 178 g/mol. The molecule has 0 spiro atoms. The normalized spacial score (nSPS) is 10.8. The lowest BCUT2D eigenvalue weighted by Crippen LogP contribution is -1.87. The van der Waals surface area contributed by atoms with Gasteiger partial charge in [-0.3, -0.25) is 0 Å². The second-order valence-electron chi connectivity index (χ2n) is 2.86. The fourth-order valence-corrected chi connectivity index (χ4v) is 2.18. The highest BCUT2D eigenvalue weighted by molar-refractivity contribution is 7.18. The van der Waals surface area contributed by atoms with Crippen molar-refractivity contribution in [2.24, 2.45) is 0 Å². The maximum atomic E-state index is 5.77. The van der Waals surface area contributed by atoms with Gasteiger partial charge in [0.2, 0.25) is 0 Å². The first-order valence-corrected chi connectivity index (χ1v) is 4.62. The van der Waals surface area contributed by atoms with E-state index in [1.54, 1.807) is 11.3 Å². The van der Waals surface area contributed by atoms with Crippen LogP contribution in [0.5, 0.6) is 0 Å². The van der Waals surface area contributed by atoms with Crippen LogP contribution in [0.2, 0.25) is 0 Å². The van der Waals surface area contributed by atoms with Crippen molar-refractivity contribution in [3.8, 4) is 0 Å². The smallest absolute Gasteiger partial charge is 0.0907 e. The topological polar surface area (TPSA) is 38.9 Å². The number of hydrogen-bond donors (Lipinski definition) is 1. The molecule has 0 saturated carbocycles. The van der Waals surface area contributed by atoms with E-state index in [0.717, 1.165) is 21.8 Å². The lowest BCUT2D eigenvalue weighted by atomic mass is 10.2. The zero-order chi connectivity index (χ0) is 8.72. The number of benzene rings is 1. The number of nitrogens with zero attached hydrogens (tertiary/aromatic N) is 1. The van der Waals surface area contributed by atoms with Crippen LogP contribution in [-0.4, -0.2) is 4.98 Å². The molecule has 3 heteroatoms. The van der Waals surface area contributed by atoms with Gasteiger partial charge in [0, 0.05) is 5.69 Å². The summed E-state index contributed by atoms with van der Waals surface area (Å²) in [6, 6.07) is 3.89. The first kappa shape index (κ1) is 7.55. The second-order valence-corrected chi connectivity index (χ2v) is 4.06. The molecule has 0 atom stereocenters. The minimum atomic E-state index is 0.853.